The van der Waals surface area contributed by atoms with Gasteiger partial charge < -0.3 is 10.2 Å². The molecule has 98 valence electrons. The van der Waals surface area contributed by atoms with Crippen LogP contribution in [0, 0.1) is 11.6 Å². The fourth-order valence-electron chi connectivity index (χ4n) is 2.25. The first kappa shape index (κ1) is 12.6. The summed E-state index contributed by atoms with van der Waals surface area (Å²) >= 11 is 0.705. The van der Waals surface area contributed by atoms with E-state index in [0.29, 0.717) is 28.6 Å². The summed E-state index contributed by atoms with van der Waals surface area (Å²) in [5.41, 5.74) is 0.833. The molecule has 19 heavy (non-hydrogen) atoms. The van der Waals surface area contributed by atoms with Gasteiger partial charge in [0.15, 0.2) is 11.6 Å². The average Bonchev–Trinajstić information content (AvgIpc) is 2.46. The Balaban J connectivity index is 2.26. The summed E-state index contributed by atoms with van der Waals surface area (Å²) in [6, 6.07) is 9.52. The van der Waals surface area contributed by atoms with Gasteiger partial charge in [-0.2, -0.15) is 0 Å². The van der Waals surface area contributed by atoms with Crippen LogP contribution in [-0.2, 0) is 11.5 Å². The van der Waals surface area contributed by atoms with Crippen molar-refractivity contribution in [1.29, 1.82) is 0 Å². The predicted octanol–water partition coefficient (Wildman–Crippen LogP) is 2.76. The van der Waals surface area contributed by atoms with Crippen LogP contribution in [0.4, 0.5) is 8.78 Å². The van der Waals surface area contributed by atoms with Crippen molar-refractivity contribution in [3.8, 4) is 0 Å². The van der Waals surface area contributed by atoms with Crippen molar-refractivity contribution in [3.63, 3.8) is 0 Å². The molecule has 2 aromatic carbocycles. The van der Waals surface area contributed by atoms with E-state index in [9.17, 15) is 19.0 Å². The van der Waals surface area contributed by atoms with Crippen molar-refractivity contribution in [2.45, 2.75) is 16.4 Å². The lowest BCUT2D eigenvalue weighted by Crippen LogP contribution is -2.23. The first-order valence-corrected chi connectivity index (χ1v) is 6.50. The highest BCUT2D eigenvalue weighted by Gasteiger charge is 2.37. The number of hydrogen-bond donors (Lipinski definition) is 2. The van der Waals surface area contributed by atoms with E-state index in [1.807, 2.05) is 12.1 Å². The summed E-state index contributed by atoms with van der Waals surface area (Å²) in [5, 5.41) is 17.7. The van der Waals surface area contributed by atoms with E-state index < -0.39 is 22.3 Å². The summed E-state index contributed by atoms with van der Waals surface area (Å²) in [6.45, 7) is 0. The van der Waals surface area contributed by atoms with Crippen molar-refractivity contribution in [2.75, 3.05) is 0 Å². The Bertz CT molecular complexity index is 656. The molecule has 0 spiro atoms. The van der Waals surface area contributed by atoms with Crippen LogP contribution < -0.4 is 0 Å². The number of fused-ring (bicyclic) bond motifs is 2. The Morgan fingerprint density at radius 1 is 1.00 bits per heavy atom. The highest BCUT2D eigenvalue weighted by Crippen LogP contribution is 2.45. The summed E-state index contributed by atoms with van der Waals surface area (Å²) in [5.74, 6) is -2.29. The zero-order valence-corrected chi connectivity index (χ0v) is 10.5. The first-order valence-electron chi connectivity index (χ1n) is 5.68. The smallest absolute Gasteiger partial charge is 0.248 e. The zero-order valence-electron chi connectivity index (χ0n) is 9.73. The van der Waals surface area contributed by atoms with E-state index in [-0.39, 0.29) is 0 Å². The molecule has 0 unspecified atom stereocenters. The van der Waals surface area contributed by atoms with Crippen molar-refractivity contribution in [2.24, 2.45) is 0 Å². The molecule has 2 aromatic rings. The summed E-state index contributed by atoms with van der Waals surface area (Å²) in [6.07, 6.45) is 0.332. The van der Waals surface area contributed by atoms with Gasteiger partial charge in [-0.1, -0.05) is 36.0 Å². The molecule has 3 rings (SSSR count). The fourth-order valence-corrected chi connectivity index (χ4v) is 3.30. The molecule has 0 saturated carbocycles. The number of aliphatic hydroxyl groups is 2. The number of thioether (sulfide) groups is 1. The number of rotatable bonds is 0. The summed E-state index contributed by atoms with van der Waals surface area (Å²) < 4.78 is 27.2. The molecular formula is C14H10F2O2S. The minimum atomic E-state index is -2.48. The van der Waals surface area contributed by atoms with Crippen molar-refractivity contribution in [3.05, 3.63) is 64.7 Å². The fraction of sp³-hybridized carbons (Fsp3) is 0.143. The molecule has 0 amide bonds. The first-order chi connectivity index (χ1) is 8.99. The molecule has 0 aromatic heterocycles. The topological polar surface area (TPSA) is 40.5 Å². The van der Waals surface area contributed by atoms with Gasteiger partial charge >= 0.3 is 0 Å². The van der Waals surface area contributed by atoms with Gasteiger partial charge in [0.05, 0.1) is 5.56 Å². The van der Waals surface area contributed by atoms with Gasteiger partial charge in [-0.3, -0.25) is 0 Å². The molecule has 0 fully saturated rings. The lowest BCUT2D eigenvalue weighted by Gasteiger charge is -2.22. The van der Waals surface area contributed by atoms with Gasteiger partial charge in [-0.15, -0.1) is 0 Å². The standard InChI is InChI=1S/C14H10F2O2S/c15-10-6-5-9-7-8-3-1-2-4-11(8)19-14(17,18)12(9)13(10)16/h1-6,17-18H,7H2. The molecule has 5 heteroatoms. The van der Waals surface area contributed by atoms with Gasteiger partial charge in [-0.05, 0) is 29.7 Å². The second-order valence-corrected chi connectivity index (χ2v) is 5.60. The number of hydrogen-bond acceptors (Lipinski definition) is 3. The van der Waals surface area contributed by atoms with E-state index in [1.165, 1.54) is 6.07 Å². The van der Waals surface area contributed by atoms with Crippen LogP contribution in [0.3, 0.4) is 0 Å². The van der Waals surface area contributed by atoms with Crippen LogP contribution >= 0.6 is 11.8 Å². The minimum absolute atomic E-state index is 0.332. The van der Waals surface area contributed by atoms with Crippen LogP contribution in [0.1, 0.15) is 16.7 Å². The molecule has 1 aliphatic heterocycles. The van der Waals surface area contributed by atoms with Crippen molar-refractivity contribution in [1.82, 2.24) is 0 Å². The Kier molecular flexibility index (Phi) is 2.85. The maximum Gasteiger partial charge on any atom is 0.248 e. The third-order valence-electron chi connectivity index (χ3n) is 3.11. The SMILES string of the molecule is OC1(O)Sc2ccccc2Cc2ccc(F)c(F)c21. The molecule has 0 bridgehead atoms. The molecular weight excluding hydrogens is 270 g/mol. The number of halogens is 2. The molecule has 1 heterocycles. The Morgan fingerprint density at radius 2 is 1.74 bits per heavy atom. The normalized spacial score (nSPS) is 16.4. The second-order valence-electron chi connectivity index (χ2n) is 4.39. The lowest BCUT2D eigenvalue weighted by atomic mass is 9.99. The Hall–Kier alpha value is -1.43. The van der Waals surface area contributed by atoms with Crippen LogP contribution in [-0.4, -0.2) is 10.2 Å². The number of benzene rings is 2. The van der Waals surface area contributed by atoms with E-state index in [1.54, 1.807) is 12.1 Å². The maximum absolute atomic E-state index is 13.9. The average molecular weight is 280 g/mol. The zero-order chi connectivity index (χ0) is 13.6. The van der Waals surface area contributed by atoms with E-state index in [4.69, 9.17) is 0 Å². The van der Waals surface area contributed by atoms with Crippen LogP contribution in [0.25, 0.3) is 0 Å². The Labute approximate surface area is 112 Å². The predicted molar refractivity (Wildman–Crippen MR) is 67.6 cm³/mol. The summed E-state index contributed by atoms with van der Waals surface area (Å²) in [4.78, 5) is 0.642. The molecule has 0 atom stereocenters. The lowest BCUT2D eigenvalue weighted by molar-refractivity contribution is -0.0846. The largest absolute Gasteiger partial charge is 0.353 e. The van der Waals surface area contributed by atoms with Crippen molar-refractivity contribution < 1.29 is 19.0 Å². The molecule has 2 nitrogen and oxygen atoms in total. The highest BCUT2D eigenvalue weighted by molar-refractivity contribution is 8.00. The quantitative estimate of drug-likeness (QED) is 0.729. The van der Waals surface area contributed by atoms with Crippen LogP contribution in [0.5, 0.6) is 0 Å². The molecule has 0 radical (unpaired) electrons. The minimum Gasteiger partial charge on any atom is -0.353 e. The highest BCUT2D eigenvalue weighted by atomic mass is 32.2. The van der Waals surface area contributed by atoms with Gasteiger partial charge in [0.1, 0.15) is 0 Å². The van der Waals surface area contributed by atoms with Crippen LogP contribution in [0.15, 0.2) is 41.3 Å². The second kappa shape index (κ2) is 4.30. The van der Waals surface area contributed by atoms with Crippen molar-refractivity contribution >= 4 is 11.8 Å². The van der Waals surface area contributed by atoms with E-state index in [0.717, 1.165) is 11.6 Å². The summed E-state index contributed by atoms with van der Waals surface area (Å²) in [7, 11) is 0. The molecule has 1 aliphatic rings. The Morgan fingerprint density at radius 3 is 2.53 bits per heavy atom. The van der Waals surface area contributed by atoms with Gasteiger partial charge in [0.2, 0.25) is 5.12 Å². The maximum atomic E-state index is 13.9. The van der Waals surface area contributed by atoms with E-state index >= 15 is 0 Å². The third-order valence-corrected chi connectivity index (χ3v) is 4.22. The van der Waals surface area contributed by atoms with Crippen LogP contribution in [0.2, 0.25) is 0 Å². The molecule has 2 N–H and O–H groups in total. The monoisotopic (exact) mass is 280 g/mol. The van der Waals surface area contributed by atoms with E-state index in [2.05, 4.69) is 0 Å². The molecule has 0 saturated heterocycles. The molecule has 0 aliphatic carbocycles. The van der Waals surface area contributed by atoms with Gasteiger partial charge in [0, 0.05) is 4.90 Å². The van der Waals surface area contributed by atoms with Gasteiger partial charge in [0.25, 0.3) is 0 Å². The van der Waals surface area contributed by atoms with Gasteiger partial charge in [-0.25, -0.2) is 8.78 Å². The third kappa shape index (κ3) is 2.04.